The molecule has 0 saturated carbocycles. The Bertz CT molecular complexity index is 184. The first-order valence-electron chi connectivity index (χ1n) is 4.61. The van der Waals surface area contributed by atoms with Crippen LogP contribution in [0.3, 0.4) is 0 Å². The van der Waals surface area contributed by atoms with E-state index in [9.17, 15) is 0 Å². The minimum absolute atomic E-state index is 0.407. The van der Waals surface area contributed by atoms with Gasteiger partial charge in [-0.05, 0) is 12.8 Å². The Kier molecular flexibility index (Phi) is 3.20. The molecule has 0 spiro atoms. The number of hydrogen-bond acceptors (Lipinski definition) is 2. The molecular formula is C10H18N2. The van der Waals surface area contributed by atoms with E-state index < -0.39 is 0 Å². The van der Waals surface area contributed by atoms with Crippen molar-refractivity contribution in [2.24, 2.45) is 0 Å². The maximum atomic E-state index is 3.96. The minimum atomic E-state index is 0.407. The second kappa shape index (κ2) is 4.19. The normalized spacial score (nSPS) is 22.1. The van der Waals surface area contributed by atoms with E-state index >= 15 is 0 Å². The molecule has 1 aliphatic heterocycles. The quantitative estimate of drug-likeness (QED) is 0.665. The Morgan fingerprint density at radius 3 is 3.00 bits per heavy atom. The summed E-state index contributed by atoms with van der Waals surface area (Å²) in [5, 5.41) is 6.59. The van der Waals surface area contributed by atoms with Crippen molar-refractivity contribution in [3.63, 3.8) is 0 Å². The van der Waals surface area contributed by atoms with E-state index in [4.69, 9.17) is 0 Å². The average Bonchev–Trinajstić information content (AvgIpc) is 2.37. The molecule has 1 rings (SSSR count). The zero-order chi connectivity index (χ0) is 8.97. The first-order chi connectivity index (χ1) is 5.74. The van der Waals surface area contributed by atoms with E-state index in [1.54, 1.807) is 0 Å². The van der Waals surface area contributed by atoms with Crippen molar-refractivity contribution < 1.29 is 0 Å². The standard InChI is InChI=1S/C10H18N2/c1-4-5-8(2)12-10-6-7-11-9(10)3/h10-12H,2-7H2,1H3. The van der Waals surface area contributed by atoms with Crippen molar-refractivity contribution in [2.75, 3.05) is 6.54 Å². The van der Waals surface area contributed by atoms with Gasteiger partial charge in [-0.1, -0.05) is 26.5 Å². The summed E-state index contributed by atoms with van der Waals surface area (Å²) < 4.78 is 0. The molecule has 2 nitrogen and oxygen atoms in total. The molecule has 1 unspecified atom stereocenters. The molecule has 0 radical (unpaired) electrons. The average molecular weight is 166 g/mol. The van der Waals surface area contributed by atoms with Gasteiger partial charge in [-0.3, -0.25) is 0 Å². The van der Waals surface area contributed by atoms with E-state index in [0.717, 1.165) is 37.2 Å². The van der Waals surface area contributed by atoms with Crippen LogP contribution in [-0.4, -0.2) is 12.6 Å². The topological polar surface area (TPSA) is 24.1 Å². The molecule has 0 aromatic heterocycles. The van der Waals surface area contributed by atoms with Crippen LogP contribution in [0.15, 0.2) is 24.6 Å². The highest BCUT2D eigenvalue weighted by Crippen LogP contribution is 2.11. The van der Waals surface area contributed by atoms with Crippen molar-refractivity contribution in [3.05, 3.63) is 24.6 Å². The summed E-state index contributed by atoms with van der Waals surface area (Å²) in [7, 11) is 0. The highest BCUT2D eigenvalue weighted by atomic mass is 15.0. The van der Waals surface area contributed by atoms with Crippen LogP contribution in [0, 0.1) is 0 Å². The van der Waals surface area contributed by atoms with Gasteiger partial charge in [-0.2, -0.15) is 0 Å². The van der Waals surface area contributed by atoms with Gasteiger partial charge in [0.25, 0.3) is 0 Å². The smallest absolute Gasteiger partial charge is 0.0667 e. The summed E-state index contributed by atoms with van der Waals surface area (Å²) in [6.07, 6.45) is 3.34. The zero-order valence-corrected chi connectivity index (χ0v) is 7.82. The molecule has 1 aliphatic rings. The fourth-order valence-corrected chi connectivity index (χ4v) is 1.45. The van der Waals surface area contributed by atoms with Crippen LogP contribution in [0.5, 0.6) is 0 Å². The largest absolute Gasteiger partial charge is 0.387 e. The summed E-state index contributed by atoms with van der Waals surface area (Å²) in [5.74, 6) is 0. The van der Waals surface area contributed by atoms with Gasteiger partial charge >= 0.3 is 0 Å². The van der Waals surface area contributed by atoms with Gasteiger partial charge in [0, 0.05) is 17.9 Å². The van der Waals surface area contributed by atoms with Gasteiger partial charge in [-0.15, -0.1) is 0 Å². The maximum absolute atomic E-state index is 3.96. The molecule has 0 aromatic rings. The zero-order valence-electron chi connectivity index (χ0n) is 7.82. The van der Waals surface area contributed by atoms with Crippen molar-refractivity contribution >= 4 is 0 Å². The van der Waals surface area contributed by atoms with Crippen LogP contribution in [-0.2, 0) is 0 Å². The molecule has 0 aromatic carbocycles. The molecular weight excluding hydrogens is 148 g/mol. The first kappa shape index (κ1) is 9.17. The van der Waals surface area contributed by atoms with Crippen molar-refractivity contribution in [1.82, 2.24) is 10.6 Å². The number of nitrogens with one attached hydrogen (secondary N) is 2. The molecule has 1 atom stereocenters. The minimum Gasteiger partial charge on any atom is -0.387 e. The van der Waals surface area contributed by atoms with Gasteiger partial charge < -0.3 is 10.6 Å². The van der Waals surface area contributed by atoms with Gasteiger partial charge in [0.2, 0.25) is 0 Å². The Hall–Kier alpha value is -0.920. The maximum Gasteiger partial charge on any atom is 0.0667 e. The number of hydrogen-bond donors (Lipinski definition) is 2. The molecule has 12 heavy (non-hydrogen) atoms. The third-order valence-electron chi connectivity index (χ3n) is 2.14. The van der Waals surface area contributed by atoms with Crippen LogP contribution in [0.4, 0.5) is 0 Å². The van der Waals surface area contributed by atoms with E-state index in [1.165, 1.54) is 0 Å². The lowest BCUT2D eigenvalue weighted by Crippen LogP contribution is -2.27. The predicted molar refractivity (Wildman–Crippen MR) is 52.7 cm³/mol. The number of allylic oxidation sites excluding steroid dienone is 1. The first-order valence-corrected chi connectivity index (χ1v) is 4.61. The summed E-state index contributed by atoms with van der Waals surface area (Å²) >= 11 is 0. The lowest BCUT2D eigenvalue weighted by Gasteiger charge is -2.15. The second-order valence-corrected chi connectivity index (χ2v) is 3.29. The van der Waals surface area contributed by atoms with Gasteiger partial charge in [-0.25, -0.2) is 0 Å². The second-order valence-electron chi connectivity index (χ2n) is 3.29. The highest BCUT2D eigenvalue weighted by Gasteiger charge is 2.17. The molecule has 68 valence electrons. The molecule has 1 fully saturated rings. The van der Waals surface area contributed by atoms with E-state index in [0.29, 0.717) is 6.04 Å². The van der Waals surface area contributed by atoms with Crippen LogP contribution < -0.4 is 10.6 Å². The fraction of sp³-hybridized carbons (Fsp3) is 0.600. The predicted octanol–water partition coefficient (Wildman–Crippen LogP) is 1.77. The monoisotopic (exact) mass is 166 g/mol. The van der Waals surface area contributed by atoms with E-state index in [2.05, 4.69) is 30.7 Å². The van der Waals surface area contributed by atoms with Crippen LogP contribution in [0.1, 0.15) is 26.2 Å². The summed E-state index contributed by atoms with van der Waals surface area (Å²) in [5.41, 5.74) is 2.24. The molecule has 1 heterocycles. The Morgan fingerprint density at radius 1 is 1.75 bits per heavy atom. The SMILES string of the molecule is C=C(CCC)NC1CCNC1=C. The summed E-state index contributed by atoms with van der Waals surface area (Å²) in [4.78, 5) is 0. The van der Waals surface area contributed by atoms with E-state index in [1.807, 2.05) is 0 Å². The molecule has 1 saturated heterocycles. The highest BCUT2D eigenvalue weighted by molar-refractivity contribution is 5.12. The molecule has 0 amide bonds. The molecule has 0 aliphatic carbocycles. The van der Waals surface area contributed by atoms with Gasteiger partial charge in [0.15, 0.2) is 0 Å². The Morgan fingerprint density at radius 2 is 2.50 bits per heavy atom. The molecule has 2 N–H and O–H groups in total. The van der Waals surface area contributed by atoms with Gasteiger partial charge in [0.1, 0.15) is 0 Å². The van der Waals surface area contributed by atoms with Crippen molar-refractivity contribution in [2.45, 2.75) is 32.2 Å². The van der Waals surface area contributed by atoms with Gasteiger partial charge in [0.05, 0.1) is 6.04 Å². The fourth-order valence-electron chi connectivity index (χ4n) is 1.45. The lowest BCUT2D eigenvalue weighted by molar-refractivity contribution is 0.634. The lowest BCUT2D eigenvalue weighted by atomic mass is 10.2. The van der Waals surface area contributed by atoms with E-state index in [-0.39, 0.29) is 0 Å². The third kappa shape index (κ3) is 2.29. The number of rotatable bonds is 4. The van der Waals surface area contributed by atoms with Crippen LogP contribution >= 0.6 is 0 Å². The summed E-state index contributed by atoms with van der Waals surface area (Å²) in [6, 6.07) is 0.407. The van der Waals surface area contributed by atoms with Crippen LogP contribution in [0.25, 0.3) is 0 Å². The third-order valence-corrected chi connectivity index (χ3v) is 2.14. The molecule has 0 bridgehead atoms. The van der Waals surface area contributed by atoms with Crippen LogP contribution in [0.2, 0.25) is 0 Å². The Labute approximate surface area is 74.7 Å². The van der Waals surface area contributed by atoms with Crippen molar-refractivity contribution in [1.29, 1.82) is 0 Å². The molecule has 2 heteroatoms. The van der Waals surface area contributed by atoms with Crippen molar-refractivity contribution in [3.8, 4) is 0 Å². The summed E-state index contributed by atoms with van der Waals surface area (Å²) in [6.45, 7) is 11.1. The Balaban J connectivity index is 2.30.